The van der Waals surface area contributed by atoms with Gasteiger partial charge in [-0.3, -0.25) is 0 Å². The average Bonchev–Trinajstić information content (AvgIpc) is 2.58. The second-order valence-corrected chi connectivity index (χ2v) is 4.42. The van der Waals surface area contributed by atoms with Crippen LogP contribution in [-0.2, 0) is 13.6 Å². The van der Waals surface area contributed by atoms with Crippen LogP contribution in [0.3, 0.4) is 0 Å². The Morgan fingerprint density at radius 3 is 2.65 bits per heavy atom. The summed E-state index contributed by atoms with van der Waals surface area (Å²) in [6, 6.07) is 0.00917. The summed E-state index contributed by atoms with van der Waals surface area (Å²) >= 11 is 0. The molecule has 0 aromatic carbocycles. The maximum atomic E-state index is 11.9. The molecule has 0 saturated carbocycles. The van der Waals surface area contributed by atoms with Gasteiger partial charge < -0.3 is 14.8 Å². The number of urea groups is 1. The molecule has 6 nitrogen and oxygen atoms in total. The summed E-state index contributed by atoms with van der Waals surface area (Å²) in [6.07, 6.45) is 6.31. The summed E-state index contributed by atoms with van der Waals surface area (Å²) in [5, 5.41) is 10.6. The Balaban J connectivity index is 1.82. The molecule has 1 aromatic rings. The lowest BCUT2D eigenvalue weighted by molar-refractivity contribution is 0.199. The Bertz CT molecular complexity index is 368. The molecule has 1 saturated heterocycles. The topological polar surface area (TPSA) is 63.1 Å². The molecule has 0 spiro atoms. The lowest BCUT2D eigenvalue weighted by Crippen LogP contribution is -2.40. The lowest BCUT2D eigenvalue weighted by atomic mass is 10.2. The van der Waals surface area contributed by atoms with Crippen molar-refractivity contribution in [2.75, 3.05) is 13.1 Å². The summed E-state index contributed by atoms with van der Waals surface area (Å²) in [7, 11) is 1.87. The molecule has 2 rings (SSSR count). The van der Waals surface area contributed by atoms with Crippen molar-refractivity contribution in [2.45, 2.75) is 32.2 Å². The molecule has 1 aliphatic heterocycles. The van der Waals surface area contributed by atoms with Crippen molar-refractivity contribution in [3.63, 3.8) is 0 Å². The highest BCUT2D eigenvalue weighted by molar-refractivity contribution is 5.74. The van der Waals surface area contributed by atoms with Crippen molar-refractivity contribution >= 4 is 6.03 Å². The number of carbonyl (C=O) groups excluding carboxylic acids is 1. The fraction of sp³-hybridized carbons (Fsp3) is 0.727. The molecule has 2 amide bonds. The van der Waals surface area contributed by atoms with E-state index in [2.05, 4.69) is 15.5 Å². The minimum atomic E-state index is 0.00917. The molecule has 0 radical (unpaired) electrons. The molecule has 0 atom stereocenters. The van der Waals surface area contributed by atoms with Crippen molar-refractivity contribution in [2.24, 2.45) is 7.05 Å². The van der Waals surface area contributed by atoms with Crippen LogP contribution in [0.4, 0.5) is 4.79 Å². The van der Waals surface area contributed by atoms with Crippen LogP contribution < -0.4 is 5.32 Å². The van der Waals surface area contributed by atoms with Gasteiger partial charge in [-0.1, -0.05) is 12.8 Å². The van der Waals surface area contributed by atoms with Crippen LogP contribution in [0, 0.1) is 0 Å². The monoisotopic (exact) mass is 237 g/mol. The third-order valence-corrected chi connectivity index (χ3v) is 3.10. The molecular formula is C11H19N5O. The molecule has 1 aliphatic rings. The van der Waals surface area contributed by atoms with E-state index in [4.69, 9.17) is 0 Å². The van der Waals surface area contributed by atoms with E-state index in [1.54, 1.807) is 6.33 Å². The van der Waals surface area contributed by atoms with E-state index in [0.29, 0.717) is 6.54 Å². The van der Waals surface area contributed by atoms with Crippen LogP contribution in [0.15, 0.2) is 6.33 Å². The molecule has 1 fully saturated rings. The van der Waals surface area contributed by atoms with Gasteiger partial charge in [0.15, 0.2) is 5.82 Å². The summed E-state index contributed by atoms with van der Waals surface area (Å²) in [5.41, 5.74) is 0. The first kappa shape index (κ1) is 11.9. The summed E-state index contributed by atoms with van der Waals surface area (Å²) in [4.78, 5) is 13.8. The van der Waals surface area contributed by atoms with Crippen LogP contribution in [0.5, 0.6) is 0 Å². The molecule has 17 heavy (non-hydrogen) atoms. The highest BCUT2D eigenvalue weighted by Crippen LogP contribution is 2.09. The Hall–Kier alpha value is -1.59. The van der Waals surface area contributed by atoms with Gasteiger partial charge in [-0.2, -0.15) is 0 Å². The maximum absolute atomic E-state index is 11.9. The van der Waals surface area contributed by atoms with Crippen LogP contribution in [0.25, 0.3) is 0 Å². The highest BCUT2D eigenvalue weighted by Gasteiger charge is 2.15. The van der Waals surface area contributed by atoms with Gasteiger partial charge >= 0.3 is 6.03 Å². The van der Waals surface area contributed by atoms with Crippen LogP contribution in [0.1, 0.15) is 31.5 Å². The van der Waals surface area contributed by atoms with Crippen LogP contribution >= 0.6 is 0 Å². The number of aryl methyl sites for hydroxylation is 1. The Morgan fingerprint density at radius 2 is 2.06 bits per heavy atom. The van der Waals surface area contributed by atoms with Gasteiger partial charge in [0.1, 0.15) is 6.33 Å². The second-order valence-electron chi connectivity index (χ2n) is 4.42. The maximum Gasteiger partial charge on any atom is 0.317 e. The zero-order valence-corrected chi connectivity index (χ0v) is 10.2. The summed E-state index contributed by atoms with van der Waals surface area (Å²) in [6.45, 7) is 2.17. The van der Waals surface area contributed by atoms with Gasteiger partial charge in [-0.05, 0) is 12.8 Å². The van der Waals surface area contributed by atoms with Gasteiger partial charge in [0.2, 0.25) is 0 Å². The smallest absolute Gasteiger partial charge is 0.317 e. The van der Waals surface area contributed by atoms with Gasteiger partial charge in [-0.25, -0.2) is 4.79 Å². The second kappa shape index (κ2) is 5.65. The Kier molecular flexibility index (Phi) is 3.95. The first-order valence-electron chi connectivity index (χ1n) is 6.13. The van der Waals surface area contributed by atoms with Crippen LogP contribution in [0.2, 0.25) is 0 Å². The third-order valence-electron chi connectivity index (χ3n) is 3.10. The first-order valence-corrected chi connectivity index (χ1v) is 6.13. The van der Waals surface area contributed by atoms with E-state index < -0.39 is 0 Å². The number of carbonyl (C=O) groups is 1. The molecule has 2 heterocycles. The Morgan fingerprint density at radius 1 is 1.35 bits per heavy atom. The first-order chi connectivity index (χ1) is 8.27. The fourth-order valence-corrected chi connectivity index (χ4v) is 2.01. The third kappa shape index (κ3) is 3.18. The van der Waals surface area contributed by atoms with Crippen molar-refractivity contribution in [1.29, 1.82) is 0 Å². The van der Waals surface area contributed by atoms with E-state index in [1.807, 2.05) is 16.5 Å². The molecular weight excluding hydrogens is 218 g/mol. The van der Waals surface area contributed by atoms with E-state index in [1.165, 1.54) is 12.8 Å². The fourth-order valence-electron chi connectivity index (χ4n) is 2.01. The Labute approximate surface area is 101 Å². The minimum Gasteiger partial charge on any atom is -0.331 e. The van der Waals surface area contributed by atoms with Crippen molar-refractivity contribution < 1.29 is 4.79 Å². The van der Waals surface area contributed by atoms with Crippen LogP contribution in [-0.4, -0.2) is 38.8 Å². The predicted molar refractivity (Wildman–Crippen MR) is 63.3 cm³/mol. The van der Waals surface area contributed by atoms with E-state index in [-0.39, 0.29) is 6.03 Å². The zero-order chi connectivity index (χ0) is 12.1. The molecule has 94 valence electrons. The van der Waals surface area contributed by atoms with E-state index >= 15 is 0 Å². The largest absolute Gasteiger partial charge is 0.331 e. The molecule has 0 bridgehead atoms. The normalized spacial score (nSPS) is 16.6. The SMILES string of the molecule is Cn1cnnc1CNC(=O)N1CCCCCC1. The number of nitrogens with zero attached hydrogens (tertiary/aromatic N) is 4. The average molecular weight is 237 g/mol. The number of amides is 2. The minimum absolute atomic E-state index is 0.00917. The quantitative estimate of drug-likeness (QED) is 0.831. The molecule has 0 aliphatic carbocycles. The number of nitrogens with one attached hydrogen (secondary N) is 1. The molecule has 1 N–H and O–H groups in total. The number of hydrogen-bond acceptors (Lipinski definition) is 3. The van der Waals surface area contributed by atoms with Crippen molar-refractivity contribution in [3.05, 3.63) is 12.2 Å². The van der Waals surface area contributed by atoms with E-state index in [9.17, 15) is 4.79 Å². The molecule has 0 unspecified atom stereocenters. The number of hydrogen-bond donors (Lipinski definition) is 1. The van der Waals surface area contributed by atoms with Crippen molar-refractivity contribution in [1.82, 2.24) is 25.0 Å². The van der Waals surface area contributed by atoms with E-state index in [0.717, 1.165) is 31.8 Å². The molecule has 6 heteroatoms. The summed E-state index contributed by atoms with van der Waals surface area (Å²) in [5.74, 6) is 0.771. The molecule has 1 aromatic heterocycles. The van der Waals surface area contributed by atoms with Crippen molar-refractivity contribution in [3.8, 4) is 0 Å². The van der Waals surface area contributed by atoms with Gasteiger partial charge in [0.25, 0.3) is 0 Å². The number of likely N-dealkylation sites (tertiary alicyclic amines) is 1. The number of rotatable bonds is 2. The number of aromatic nitrogens is 3. The van der Waals surface area contributed by atoms with Gasteiger partial charge in [0, 0.05) is 20.1 Å². The summed E-state index contributed by atoms with van der Waals surface area (Å²) < 4.78 is 1.81. The highest BCUT2D eigenvalue weighted by atomic mass is 16.2. The van der Waals surface area contributed by atoms with Gasteiger partial charge in [-0.15, -0.1) is 10.2 Å². The standard InChI is InChI=1S/C11H19N5O/c1-15-9-13-14-10(15)8-12-11(17)16-6-4-2-3-5-7-16/h9H,2-8H2,1H3,(H,12,17). The zero-order valence-electron chi connectivity index (χ0n) is 10.2. The lowest BCUT2D eigenvalue weighted by Gasteiger charge is -2.20. The van der Waals surface area contributed by atoms with Gasteiger partial charge in [0.05, 0.1) is 6.54 Å². The predicted octanol–water partition coefficient (Wildman–Crippen LogP) is 0.901.